The Labute approximate surface area is 124 Å². The molecule has 5 heteroatoms. The topological polar surface area (TPSA) is 70.1 Å². The van der Waals surface area contributed by atoms with Crippen molar-refractivity contribution in [2.24, 2.45) is 0 Å². The summed E-state index contributed by atoms with van der Waals surface area (Å²) in [4.78, 5) is 16.0. The molecule has 2 aromatic rings. The van der Waals surface area contributed by atoms with Crippen LogP contribution >= 0.6 is 0 Å². The van der Waals surface area contributed by atoms with Crippen LogP contribution in [0.2, 0.25) is 0 Å². The number of hydrogen-bond donors (Lipinski definition) is 1. The van der Waals surface area contributed by atoms with Crippen molar-refractivity contribution in [2.75, 3.05) is 12.8 Å². The standard InChI is InChI=1S/C16H21N3O2/c1-4-6-11-7-9-12(10-8-11)19-13(5-2)18-14(15(19)17)16(20)21-3/h7-10H,4-6,17H2,1-3H3. The number of carbonyl (C=O) groups is 1. The molecule has 21 heavy (non-hydrogen) atoms. The van der Waals surface area contributed by atoms with Crippen LogP contribution in [0.4, 0.5) is 5.82 Å². The van der Waals surface area contributed by atoms with Crippen LogP contribution in [0.1, 0.15) is 42.1 Å². The van der Waals surface area contributed by atoms with Crippen LogP contribution in [-0.2, 0) is 17.6 Å². The highest BCUT2D eigenvalue weighted by Gasteiger charge is 2.21. The van der Waals surface area contributed by atoms with Gasteiger partial charge in [0.25, 0.3) is 0 Å². The molecule has 0 spiro atoms. The molecule has 5 nitrogen and oxygen atoms in total. The van der Waals surface area contributed by atoms with Crippen molar-refractivity contribution in [3.63, 3.8) is 0 Å². The van der Waals surface area contributed by atoms with Gasteiger partial charge in [0.1, 0.15) is 11.6 Å². The van der Waals surface area contributed by atoms with Gasteiger partial charge in [0, 0.05) is 12.1 Å². The van der Waals surface area contributed by atoms with Crippen LogP contribution in [0.5, 0.6) is 0 Å². The van der Waals surface area contributed by atoms with Gasteiger partial charge < -0.3 is 10.5 Å². The summed E-state index contributed by atoms with van der Waals surface area (Å²) in [7, 11) is 1.33. The number of methoxy groups -OCH3 is 1. The Morgan fingerprint density at radius 1 is 1.29 bits per heavy atom. The van der Waals surface area contributed by atoms with E-state index < -0.39 is 5.97 Å². The van der Waals surface area contributed by atoms with Crippen LogP contribution in [0.3, 0.4) is 0 Å². The monoisotopic (exact) mass is 287 g/mol. The van der Waals surface area contributed by atoms with Crippen LogP contribution in [0.15, 0.2) is 24.3 Å². The predicted octanol–water partition coefficient (Wildman–Crippen LogP) is 2.76. The zero-order valence-electron chi connectivity index (χ0n) is 12.7. The summed E-state index contributed by atoms with van der Waals surface area (Å²) in [5, 5.41) is 0. The SMILES string of the molecule is CCCc1ccc(-n2c(CC)nc(C(=O)OC)c2N)cc1. The number of benzene rings is 1. The van der Waals surface area contributed by atoms with E-state index in [1.54, 1.807) is 0 Å². The number of esters is 1. The van der Waals surface area contributed by atoms with Crippen molar-refractivity contribution in [1.82, 2.24) is 9.55 Å². The van der Waals surface area contributed by atoms with Crippen LogP contribution in [0, 0.1) is 0 Å². The second kappa shape index (κ2) is 6.43. The fraction of sp³-hybridized carbons (Fsp3) is 0.375. The van der Waals surface area contributed by atoms with Gasteiger partial charge in [-0.25, -0.2) is 9.78 Å². The van der Waals surface area contributed by atoms with E-state index in [0.717, 1.165) is 24.4 Å². The summed E-state index contributed by atoms with van der Waals surface area (Å²) in [5.74, 6) is 0.557. The van der Waals surface area contributed by atoms with Gasteiger partial charge in [-0.2, -0.15) is 0 Å². The molecule has 0 bridgehead atoms. The zero-order valence-corrected chi connectivity index (χ0v) is 12.7. The Balaban J connectivity index is 2.47. The number of ether oxygens (including phenoxy) is 1. The van der Waals surface area contributed by atoms with E-state index in [9.17, 15) is 4.79 Å². The molecular formula is C16H21N3O2. The minimum atomic E-state index is -0.511. The zero-order chi connectivity index (χ0) is 15.4. The number of hydrogen-bond acceptors (Lipinski definition) is 4. The second-order valence-electron chi connectivity index (χ2n) is 4.86. The number of aryl methyl sites for hydroxylation is 2. The molecule has 1 heterocycles. The third-order valence-electron chi connectivity index (χ3n) is 3.41. The van der Waals surface area contributed by atoms with E-state index in [0.29, 0.717) is 12.2 Å². The normalized spacial score (nSPS) is 10.6. The van der Waals surface area contributed by atoms with Crippen LogP contribution < -0.4 is 5.73 Å². The highest BCUT2D eigenvalue weighted by atomic mass is 16.5. The number of imidazole rings is 1. The Kier molecular flexibility index (Phi) is 4.62. The van der Waals surface area contributed by atoms with E-state index in [4.69, 9.17) is 10.5 Å². The number of aromatic nitrogens is 2. The summed E-state index contributed by atoms with van der Waals surface area (Å²) in [5.41, 5.74) is 8.45. The molecule has 0 aliphatic carbocycles. The number of rotatable bonds is 5. The first-order valence-electron chi connectivity index (χ1n) is 7.17. The fourth-order valence-corrected chi connectivity index (χ4v) is 2.35. The van der Waals surface area contributed by atoms with Gasteiger partial charge in [-0.1, -0.05) is 32.4 Å². The van der Waals surface area contributed by atoms with Crippen LogP contribution in [0.25, 0.3) is 5.69 Å². The van der Waals surface area contributed by atoms with E-state index >= 15 is 0 Å². The molecule has 112 valence electrons. The quantitative estimate of drug-likeness (QED) is 0.858. The molecule has 0 saturated heterocycles. The minimum absolute atomic E-state index is 0.173. The molecule has 2 rings (SSSR count). The third kappa shape index (κ3) is 2.91. The van der Waals surface area contributed by atoms with Crippen molar-refractivity contribution < 1.29 is 9.53 Å². The summed E-state index contributed by atoms with van der Waals surface area (Å²) < 4.78 is 6.53. The highest BCUT2D eigenvalue weighted by Crippen LogP contribution is 2.22. The first-order chi connectivity index (χ1) is 10.1. The maximum Gasteiger partial charge on any atom is 0.360 e. The van der Waals surface area contributed by atoms with Crippen molar-refractivity contribution in [1.29, 1.82) is 0 Å². The maximum atomic E-state index is 11.7. The molecule has 0 fully saturated rings. The van der Waals surface area contributed by atoms with E-state index in [-0.39, 0.29) is 5.69 Å². The Hall–Kier alpha value is -2.30. The lowest BCUT2D eigenvalue weighted by molar-refractivity contribution is 0.0596. The molecule has 0 atom stereocenters. The summed E-state index contributed by atoms with van der Waals surface area (Å²) in [6.07, 6.45) is 2.84. The lowest BCUT2D eigenvalue weighted by atomic mass is 10.1. The number of anilines is 1. The summed E-state index contributed by atoms with van der Waals surface area (Å²) in [6, 6.07) is 8.16. The Morgan fingerprint density at radius 3 is 2.48 bits per heavy atom. The maximum absolute atomic E-state index is 11.7. The van der Waals surface area contributed by atoms with Crippen LogP contribution in [-0.4, -0.2) is 22.6 Å². The predicted molar refractivity (Wildman–Crippen MR) is 82.7 cm³/mol. The lowest BCUT2D eigenvalue weighted by Crippen LogP contribution is -2.08. The first kappa shape index (κ1) is 15.1. The van der Waals surface area contributed by atoms with Crippen molar-refractivity contribution in [3.05, 3.63) is 41.3 Å². The molecule has 0 amide bonds. The number of nitrogens with zero attached hydrogens (tertiary/aromatic N) is 2. The smallest absolute Gasteiger partial charge is 0.360 e. The van der Waals surface area contributed by atoms with Crippen molar-refractivity contribution in [3.8, 4) is 5.69 Å². The van der Waals surface area contributed by atoms with Crippen molar-refractivity contribution >= 4 is 11.8 Å². The molecule has 0 aliphatic heterocycles. The van der Waals surface area contributed by atoms with E-state index in [2.05, 4.69) is 24.0 Å². The third-order valence-corrected chi connectivity index (χ3v) is 3.41. The molecule has 0 radical (unpaired) electrons. The van der Waals surface area contributed by atoms with Crippen molar-refractivity contribution in [2.45, 2.75) is 33.1 Å². The highest BCUT2D eigenvalue weighted by molar-refractivity contribution is 5.92. The molecule has 2 N–H and O–H groups in total. The van der Waals surface area contributed by atoms with Gasteiger partial charge in [0.05, 0.1) is 7.11 Å². The molecule has 0 unspecified atom stereocenters. The molecule has 1 aromatic carbocycles. The van der Waals surface area contributed by atoms with Gasteiger partial charge in [-0.3, -0.25) is 4.57 Å². The Bertz CT molecular complexity index is 630. The molecule has 0 aliphatic rings. The number of nitrogen functional groups attached to an aromatic ring is 1. The van der Waals surface area contributed by atoms with Gasteiger partial charge in [-0.15, -0.1) is 0 Å². The molecule has 1 aromatic heterocycles. The largest absolute Gasteiger partial charge is 0.464 e. The van der Waals surface area contributed by atoms with E-state index in [1.165, 1.54) is 12.7 Å². The molecular weight excluding hydrogens is 266 g/mol. The second-order valence-corrected chi connectivity index (χ2v) is 4.86. The minimum Gasteiger partial charge on any atom is -0.464 e. The number of carbonyl (C=O) groups excluding carboxylic acids is 1. The van der Waals surface area contributed by atoms with Gasteiger partial charge in [0.15, 0.2) is 5.69 Å². The van der Waals surface area contributed by atoms with E-state index in [1.807, 2.05) is 23.6 Å². The average Bonchev–Trinajstić information content (AvgIpc) is 2.84. The van der Waals surface area contributed by atoms with Gasteiger partial charge >= 0.3 is 5.97 Å². The van der Waals surface area contributed by atoms with Gasteiger partial charge in [0.2, 0.25) is 0 Å². The Morgan fingerprint density at radius 2 is 1.95 bits per heavy atom. The average molecular weight is 287 g/mol. The molecule has 0 saturated carbocycles. The summed E-state index contributed by atoms with van der Waals surface area (Å²) in [6.45, 7) is 4.13. The summed E-state index contributed by atoms with van der Waals surface area (Å²) >= 11 is 0. The number of nitrogens with two attached hydrogens (primary N) is 1. The van der Waals surface area contributed by atoms with Gasteiger partial charge in [-0.05, 0) is 24.1 Å². The first-order valence-corrected chi connectivity index (χ1v) is 7.17. The fourth-order valence-electron chi connectivity index (χ4n) is 2.35. The lowest BCUT2D eigenvalue weighted by Gasteiger charge is -2.09.